The van der Waals surface area contributed by atoms with Crippen LogP contribution in [0, 0.1) is 6.92 Å². The molecule has 1 unspecified atom stereocenters. The molecule has 2 aliphatic rings. The lowest BCUT2D eigenvalue weighted by molar-refractivity contribution is -0.129. The van der Waals surface area contributed by atoms with Crippen molar-refractivity contribution in [3.8, 4) is 11.3 Å². The van der Waals surface area contributed by atoms with Gasteiger partial charge in [-0.15, -0.1) is 0 Å². The number of carboxylic acids is 1. The topological polar surface area (TPSA) is 134 Å². The predicted molar refractivity (Wildman–Crippen MR) is 170 cm³/mol. The Kier molecular flexibility index (Phi) is 8.60. The van der Waals surface area contributed by atoms with Gasteiger partial charge in [-0.2, -0.15) is 5.10 Å². The second kappa shape index (κ2) is 12.5. The zero-order chi connectivity index (χ0) is 32.0. The number of piperidine rings is 1. The Labute approximate surface area is 265 Å². The van der Waals surface area contributed by atoms with Crippen LogP contribution in [-0.4, -0.2) is 78.5 Å². The van der Waals surface area contributed by atoms with Crippen molar-refractivity contribution >= 4 is 34.6 Å². The van der Waals surface area contributed by atoms with Crippen LogP contribution in [0.3, 0.4) is 0 Å². The first-order valence-corrected chi connectivity index (χ1v) is 15.8. The van der Waals surface area contributed by atoms with E-state index >= 15 is 0 Å². The fourth-order valence-corrected chi connectivity index (χ4v) is 6.94. The largest absolute Gasteiger partial charge is 0.478 e. The molecule has 1 fully saturated rings. The van der Waals surface area contributed by atoms with Crippen molar-refractivity contribution in [2.45, 2.75) is 71.7 Å². The summed E-state index contributed by atoms with van der Waals surface area (Å²) in [7, 11) is 0. The van der Waals surface area contributed by atoms with E-state index in [1.165, 1.54) is 6.07 Å². The van der Waals surface area contributed by atoms with Crippen molar-refractivity contribution in [1.82, 2.24) is 24.1 Å². The molecule has 6 rings (SSSR count). The molecule has 2 N–H and O–H groups in total. The molecule has 1 amide bonds. The van der Waals surface area contributed by atoms with Crippen LogP contribution in [0.1, 0.15) is 65.5 Å². The van der Waals surface area contributed by atoms with E-state index in [0.717, 1.165) is 33.6 Å². The quantitative estimate of drug-likeness (QED) is 0.293. The molecule has 0 saturated carbocycles. The lowest BCUT2D eigenvalue weighted by atomic mass is 9.99. The fraction of sp³-hybridized carbons (Fsp3) is 0.455. The van der Waals surface area contributed by atoms with Gasteiger partial charge in [-0.05, 0) is 61.6 Å². The van der Waals surface area contributed by atoms with Gasteiger partial charge < -0.3 is 24.4 Å². The van der Waals surface area contributed by atoms with E-state index in [1.54, 1.807) is 17.6 Å². The van der Waals surface area contributed by atoms with Crippen LogP contribution in [0.4, 0.5) is 0 Å². The Hall–Kier alpha value is -3.93. The highest BCUT2D eigenvalue weighted by molar-refractivity contribution is 6.31. The zero-order valence-electron chi connectivity index (χ0n) is 25.8. The van der Waals surface area contributed by atoms with Crippen molar-refractivity contribution in [2.75, 3.05) is 26.2 Å². The number of amides is 1. The Morgan fingerprint density at radius 3 is 2.56 bits per heavy atom. The van der Waals surface area contributed by atoms with Crippen molar-refractivity contribution in [3.05, 3.63) is 73.9 Å². The van der Waals surface area contributed by atoms with Crippen LogP contribution in [0.5, 0.6) is 0 Å². The maximum atomic E-state index is 12.9. The number of aryl methyl sites for hydroxylation is 2. The van der Waals surface area contributed by atoms with Crippen molar-refractivity contribution in [1.29, 1.82) is 0 Å². The number of β-amino-alcohol motifs (C(OH)–C–C–N with tert-alkyl or cyclic N) is 1. The number of aromatic carboxylic acids is 1. The van der Waals surface area contributed by atoms with Gasteiger partial charge in [0.1, 0.15) is 0 Å². The maximum Gasteiger partial charge on any atom is 0.420 e. The summed E-state index contributed by atoms with van der Waals surface area (Å²) in [6, 6.07) is 8.77. The van der Waals surface area contributed by atoms with E-state index in [2.05, 4.69) is 4.90 Å². The van der Waals surface area contributed by atoms with Crippen molar-refractivity contribution in [2.24, 2.45) is 0 Å². The molecule has 0 bridgehead atoms. The second-order valence-electron chi connectivity index (χ2n) is 12.2. The summed E-state index contributed by atoms with van der Waals surface area (Å²) in [4.78, 5) is 40.7. The predicted octanol–water partition coefficient (Wildman–Crippen LogP) is 4.28. The number of hydrogen-bond donors (Lipinski definition) is 2. The normalized spacial score (nSPS) is 16.7. The van der Waals surface area contributed by atoms with Gasteiger partial charge in [0, 0.05) is 74.0 Å². The SMILES string of the molecule is CCc1cc(C(=O)O)cc2oc(=O)n(C3CCN(CC(O)Cn4nc(-c5ccc(Cl)c(C)c5)c5c4CCN(C(C)=O)C5)CC3)c12. The number of rotatable bonds is 8. The molecule has 4 heterocycles. The molecule has 0 aliphatic carbocycles. The van der Waals surface area contributed by atoms with Gasteiger partial charge >= 0.3 is 11.7 Å². The van der Waals surface area contributed by atoms with Gasteiger partial charge in [-0.25, -0.2) is 9.59 Å². The standard InChI is InChI=1S/C33H38ClN5O6/c1-4-21-14-23(32(42)43)15-29-31(21)39(33(44)45-29)24-7-10-36(11-8-24)16-25(41)17-38-28-9-12-37(20(3)40)18-26(28)30(35-38)22-5-6-27(34)19(2)13-22/h5-6,13-15,24-25,41H,4,7-12,16-18H2,1-3H3,(H,42,43). The van der Waals surface area contributed by atoms with Crippen LogP contribution in [0.25, 0.3) is 22.4 Å². The number of halogens is 1. The fourth-order valence-electron chi connectivity index (χ4n) is 6.83. The van der Waals surface area contributed by atoms with Crippen LogP contribution >= 0.6 is 11.6 Å². The van der Waals surface area contributed by atoms with Gasteiger partial charge in [-0.1, -0.05) is 24.6 Å². The molecule has 11 nitrogen and oxygen atoms in total. The lowest BCUT2D eigenvalue weighted by Crippen LogP contribution is -2.42. The molecule has 2 aromatic heterocycles. The molecule has 0 spiro atoms. The summed E-state index contributed by atoms with van der Waals surface area (Å²) in [5.74, 6) is -1.50. The van der Waals surface area contributed by atoms with Gasteiger partial charge in [0.2, 0.25) is 5.91 Å². The number of aliphatic hydroxyl groups excluding tert-OH is 1. The summed E-state index contributed by atoms with van der Waals surface area (Å²) in [6.45, 7) is 8.71. The number of carbonyl (C=O) groups is 2. The van der Waals surface area contributed by atoms with Crippen LogP contribution in [0.15, 0.2) is 39.5 Å². The van der Waals surface area contributed by atoms with Gasteiger partial charge in [0.15, 0.2) is 5.58 Å². The van der Waals surface area contributed by atoms with Crippen LogP contribution in [-0.2, 0) is 30.7 Å². The van der Waals surface area contributed by atoms with E-state index in [0.29, 0.717) is 81.1 Å². The summed E-state index contributed by atoms with van der Waals surface area (Å²) in [6.07, 6.45) is 1.96. The molecule has 2 aliphatic heterocycles. The molecule has 12 heteroatoms. The third kappa shape index (κ3) is 6.04. The second-order valence-corrected chi connectivity index (χ2v) is 12.6. The van der Waals surface area contributed by atoms with Crippen molar-refractivity contribution < 1.29 is 24.2 Å². The van der Waals surface area contributed by atoms with E-state index in [4.69, 9.17) is 21.1 Å². The lowest BCUT2D eigenvalue weighted by Gasteiger charge is -2.33. The summed E-state index contributed by atoms with van der Waals surface area (Å²) in [5, 5.41) is 26.3. The number of aromatic nitrogens is 3. The number of carboxylic acid groups (broad SMARTS) is 1. The molecule has 238 valence electrons. The Bertz CT molecular complexity index is 1830. The molecule has 1 atom stereocenters. The van der Waals surface area contributed by atoms with Crippen LogP contribution < -0.4 is 5.76 Å². The number of oxazole rings is 1. The van der Waals surface area contributed by atoms with Crippen molar-refractivity contribution in [3.63, 3.8) is 0 Å². The minimum atomic E-state index is -1.06. The van der Waals surface area contributed by atoms with Gasteiger partial charge in [0.25, 0.3) is 0 Å². The summed E-state index contributed by atoms with van der Waals surface area (Å²) in [5.41, 5.74) is 6.58. The van der Waals surface area contributed by atoms with Gasteiger partial charge in [0.05, 0.1) is 29.4 Å². The number of carbonyl (C=O) groups excluding carboxylic acids is 1. The van der Waals surface area contributed by atoms with E-state index < -0.39 is 17.8 Å². The summed E-state index contributed by atoms with van der Waals surface area (Å²) >= 11 is 6.29. The number of fused-ring (bicyclic) bond motifs is 2. The minimum absolute atomic E-state index is 0.0247. The monoisotopic (exact) mass is 635 g/mol. The van der Waals surface area contributed by atoms with E-state index in [1.807, 2.05) is 41.6 Å². The first-order valence-electron chi connectivity index (χ1n) is 15.5. The average molecular weight is 636 g/mol. The molecular weight excluding hydrogens is 598 g/mol. The highest BCUT2D eigenvalue weighted by Gasteiger charge is 2.30. The first kappa shape index (κ1) is 31.1. The zero-order valence-corrected chi connectivity index (χ0v) is 26.5. The summed E-state index contributed by atoms with van der Waals surface area (Å²) < 4.78 is 9.10. The molecule has 2 aromatic carbocycles. The third-order valence-electron chi connectivity index (χ3n) is 9.20. The number of likely N-dealkylation sites (tertiary alicyclic amines) is 1. The Balaban J connectivity index is 1.16. The first-order chi connectivity index (χ1) is 21.5. The molecule has 4 aromatic rings. The average Bonchev–Trinajstić information content (AvgIpc) is 3.54. The van der Waals surface area contributed by atoms with Gasteiger partial charge in [-0.3, -0.25) is 14.0 Å². The highest BCUT2D eigenvalue weighted by atomic mass is 35.5. The number of nitrogens with zero attached hydrogens (tertiary/aromatic N) is 5. The molecule has 45 heavy (non-hydrogen) atoms. The number of aliphatic hydroxyl groups is 1. The van der Waals surface area contributed by atoms with E-state index in [9.17, 15) is 24.6 Å². The third-order valence-corrected chi connectivity index (χ3v) is 9.63. The molecular formula is C33H38ClN5O6. The highest BCUT2D eigenvalue weighted by Crippen LogP contribution is 2.33. The smallest absolute Gasteiger partial charge is 0.420 e. The minimum Gasteiger partial charge on any atom is -0.478 e. The molecule has 1 saturated heterocycles. The van der Waals surface area contributed by atoms with Crippen LogP contribution in [0.2, 0.25) is 5.02 Å². The van der Waals surface area contributed by atoms with E-state index in [-0.39, 0.29) is 17.5 Å². The maximum absolute atomic E-state index is 12.9. The number of hydrogen-bond acceptors (Lipinski definition) is 7. The Morgan fingerprint density at radius 2 is 1.89 bits per heavy atom. The Morgan fingerprint density at radius 1 is 1.13 bits per heavy atom. The molecule has 0 radical (unpaired) electrons. The number of benzene rings is 2.